The molecule has 0 saturated heterocycles. The van der Waals surface area contributed by atoms with Crippen LogP contribution in [-0.2, 0) is 17.8 Å². The van der Waals surface area contributed by atoms with E-state index in [2.05, 4.69) is 16.7 Å². The van der Waals surface area contributed by atoms with E-state index in [0.717, 1.165) is 35.5 Å². The van der Waals surface area contributed by atoms with E-state index in [1.165, 1.54) is 0 Å². The van der Waals surface area contributed by atoms with E-state index in [0.29, 0.717) is 18.8 Å². The molecule has 2 aromatic rings. The van der Waals surface area contributed by atoms with Gasteiger partial charge in [-0.15, -0.1) is 0 Å². The van der Waals surface area contributed by atoms with E-state index in [4.69, 9.17) is 4.74 Å². The number of hydrogen-bond acceptors (Lipinski definition) is 3. The van der Waals surface area contributed by atoms with Crippen LogP contribution in [0.15, 0.2) is 42.5 Å². The maximum absolute atomic E-state index is 12.1. The summed E-state index contributed by atoms with van der Waals surface area (Å²) >= 11 is 0. The standard InChI is InChI=1S/C20H23N3O3/c1-3-26-18-7-5-17(6-8-18)22-20(25)21-13-15-4-9-19-16(12-15)10-11-23(19)14(2)24/h4-9,12H,3,10-11,13H2,1-2H3,(H2,21,22,25). The summed E-state index contributed by atoms with van der Waals surface area (Å²) in [4.78, 5) is 25.4. The molecule has 3 rings (SSSR count). The third-order valence-corrected chi connectivity index (χ3v) is 4.30. The molecular weight excluding hydrogens is 330 g/mol. The Labute approximate surface area is 153 Å². The van der Waals surface area contributed by atoms with Gasteiger partial charge < -0.3 is 20.3 Å². The van der Waals surface area contributed by atoms with Crippen molar-refractivity contribution in [2.45, 2.75) is 26.8 Å². The predicted octanol–water partition coefficient (Wildman–Crippen LogP) is 3.32. The normalized spacial score (nSPS) is 12.5. The molecule has 0 aromatic heterocycles. The summed E-state index contributed by atoms with van der Waals surface area (Å²) in [5.41, 5.74) is 3.83. The summed E-state index contributed by atoms with van der Waals surface area (Å²) in [6.07, 6.45) is 0.848. The quantitative estimate of drug-likeness (QED) is 0.866. The van der Waals surface area contributed by atoms with Gasteiger partial charge in [0.1, 0.15) is 5.75 Å². The molecule has 3 amide bonds. The second kappa shape index (κ2) is 7.91. The molecule has 0 aliphatic carbocycles. The number of carbonyl (C=O) groups excluding carboxylic acids is 2. The third-order valence-electron chi connectivity index (χ3n) is 4.30. The Morgan fingerprint density at radius 3 is 2.62 bits per heavy atom. The summed E-state index contributed by atoms with van der Waals surface area (Å²) < 4.78 is 5.38. The zero-order valence-electron chi connectivity index (χ0n) is 15.0. The van der Waals surface area contributed by atoms with Crippen LogP contribution < -0.4 is 20.3 Å². The third kappa shape index (κ3) is 4.14. The zero-order chi connectivity index (χ0) is 18.5. The first-order valence-corrected chi connectivity index (χ1v) is 8.74. The van der Waals surface area contributed by atoms with Gasteiger partial charge in [0.05, 0.1) is 6.61 Å². The molecule has 2 aromatic carbocycles. The number of hydrogen-bond donors (Lipinski definition) is 2. The average Bonchev–Trinajstić information content (AvgIpc) is 3.05. The number of urea groups is 1. The number of fused-ring (bicyclic) bond motifs is 1. The fraction of sp³-hybridized carbons (Fsp3) is 0.300. The van der Waals surface area contributed by atoms with E-state index in [9.17, 15) is 9.59 Å². The molecular formula is C20H23N3O3. The lowest BCUT2D eigenvalue weighted by molar-refractivity contribution is -0.116. The van der Waals surface area contributed by atoms with Crippen LogP contribution in [-0.4, -0.2) is 25.1 Å². The highest BCUT2D eigenvalue weighted by Crippen LogP contribution is 2.28. The minimum absolute atomic E-state index is 0.0596. The highest BCUT2D eigenvalue weighted by Gasteiger charge is 2.22. The van der Waals surface area contributed by atoms with Crippen molar-refractivity contribution >= 4 is 23.3 Å². The maximum Gasteiger partial charge on any atom is 0.319 e. The Balaban J connectivity index is 1.54. The van der Waals surface area contributed by atoms with Crippen molar-refractivity contribution in [3.63, 3.8) is 0 Å². The van der Waals surface area contributed by atoms with Crippen LogP contribution >= 0.6 is 0 Å². The Morgan fingerprint density at radius 2 is 1.92 bits per heavy atom. The van der Waals surface area contributed by atoms with Crippen molar-refractivity contribution < 1.29 is 14.3 Å². The van der Waals surface area contributed by atoms with E-state index in [1.54, 1.807) is 24.0 Å². The maximum atomic E-state index is 12.1. The smallest absolute Gasteiger partial charge is 0.319 e. The fourth-order valence-electron chi connectivity index (χ4n) is 3.05. The second-order valence-corrected chi connectivity index (χ2v) is 6.15. The van der Waals surface area contributed by atoms with Crippen molar-refractivity contribution in [2.24, 2.45) is 0 Å². The minimum atomic E-state index is -0.264. The summed E-state index contributed by atoms with van der Waals surface area (Å²) in [7, 11) is 0. The number of benzene rings is 2. The van der Waals surface area contributed by atoms with Gasteiger partial charge in [-0.05, 0) is 54.8 Å². The van der Waals surface area contributed by atoms with Gasteiger partial charge in [-0.1, -0.05) is 12.1 Å². The number of nitrogens with one attached hydrogen (secondary N) is 2. The molecule has 1 heterocycles. The Hall–Kier alpha value is -3.02. The molecule has 6 heteroatoms. The van der Waals surface area contributed by atoms with Crippen molar-refractivity contribution in [2.75, 3.05) is 23.4 Å². The zero-order valence-corrected chi connectivity index (χ0v) is 15.0. The Kier molecular flexibility index (Phi) is 5.41. The van der Waals surface area contributed by atoms with Gasteiger partial charge in [0.2, 0.25) is 5.91 Å². The van der Waals surface area contributed by atoms with Crippen LogP contribution in [0, 0.1) is 0 Å². The van der Waals surface area contributed by atoms with Crippen molar-refractivity contribution in [3.8, 4) is 5.75 Å². The minimum Gasteiger partial charge on any atom is -0.494 e. The van der Waals surface area contributed by atoms with Crippen LogP contribution in [0.4, 0.5) is 16.2 Å². The molecule has 0 fully saturated rings. The van der Waals surface area contributed by atoms with Crippen molar-refractivity contribution in [1.82, 2.24) is 5.32 Å². The number of rotatable bonds is 5. The monoisotopic (exact) mass is 353 g/mol. The largest absolute Gasteiger partial charge is 0.494 e. The van der Waals surface area contributed by atoms with Crippen LogP contribution in [0.3, 0.4) is 0 Å². The van der Waals surface area contributed by atoms with E-state index in [-0.39, 0.29) is 11.9 Å². The van der Waals surface area contributed by atoms with Crippen molar-refractivity contribution in [3.05, 3.63) is 53.6 Å². The predicted molar refractivity (Wildman–Crippen MR) is 102 cm³/mol. The van der Waals surface area contributed by atoms with Crippen LogP contribution in [0.2, 0.25) is 0 Å². The first-order chi connectivity index (χ1) is 12.6. The molecule has 136 valence electrons. The lowest BCUT2D eigenvalue weighted by Crippen LogP contribution is -2.28. The summed E-state index contributed by atoms with van der Waals surface area (Å²) in [5, 5.41) is 5.65. The average molecular weight is 353 g/mol. The van der Waals surface area contributed by atoms with Gasteiger partial charge in [-0.25, -0.2) is 4.79 Å². The van der Waals surface area contributed by atoms with Crippen LogP contribution in [0.5, 0.6) is 5.75 Å². The van der Waals surface area contributed by atoms with E-state index >= 15 is 0 Å². The fourth-order valence-corrected chi connectivity index (χ4v) is 3.05. The Bertz CT molecular complexity index is 802. The van der Waals surface area contributed by atoms with Gasteiger partial charge >= 0.3 is 6.03 Å². The second-order valence-electron chi connectivity index (χ2n) is 6.15. The molecule has 0 bridgehead atoms. The number of carbonyl (C=O) groups is 2. The molecule has 1 aliphatic rings. The van der Waals surface area contributed by atoms with Crippen molar-refractivity contribution in [1.29, 1.82) is 0 Å². The number of ether oxygens (including phenoxy) is 1. The Morgan fingerprint density at radius 1 is 1.15 bits per heavy atom. The molecule has 0 atom stereocenters. The molecule has 1 aliphatic heterocycles. The molecule has 0 unspecified atom stereocenters. The molecule has 26 heavy (non-hydrogen) atoms. The lowest BCUT2D eigenvalue weighted by atomic mass is 10.1. The summed E-state index contributed by atoms with van der Waals surface area (Å²) in [6.45, 7) is 5.26. The van der Waals surface area contributed by atoms with Gasteiger partial charge in [-0.3, -0.25) is 4.79 Å². The highest BCUT2D eigenvalue weighted by molar-refractivity contribution is 5.93. The van der Waals surface area contributed by atoms with Gasteiger partial charge in [0.25, 0.3) is 0 Å². The first-order valence-electron chi connectivity index (χ1n) is 8.74. The SMILES string of the molecule is CCOc1ccc(NC(=O)NCc2ccc3c(c2)CCN3C(C)=O)cc1. The molecule has 2 N–H and O–H groups in total. The molecule has 6 nitrogen and oxygen atoms in total. The van der Waals surface area contributed by atoms with Gasteiger partial charge in [-0.2, -0.15) is 0 Å². The number of anilines is 2. The lowest BCUT2D eigenvalue weighted by Gasteiger charge is -2.15. The van der Waals surface area contributed by atoms with E-state index in [1.807, 2.05) is 31.2 Å². The topological polar surface area (TPSA) is 70.7 Å². The van der Waals surface area contributed by atoms with Gasteiger partial charge in [0, 0.05) is 31.4 Å². The summed E-state index contributed by atoms with van der Waals surface area (Å²) in [5.74, 6) is 0.834. The first kappa shape index (κ1) is 17.8. The molecule has 0 spiro atoms. The number of amides is 3. The molecule has 0 saturated carbocycles. The number of nitrogens with zero attached hydrogens (tertiary/aromatic N) is 1. The van der Waals surface area contributed by atoms with E-state index < -0.39 is 0 Å². The highest BCUT2D eigenvalue weighted by atomic mass is 16.5. The summed E-state index contributed by atoms with van der Waals surface area (Å²) in [6, 6.07) is 12.9. The molecule has 0 radical (unpaired) electrons. The van der Waals surface area contributed by atoms with Crippen LogP contribution in [0.25, 0.3) is 0 Å². The van der Waals surface area contributed by atoms with Gasteiger partial charge in [0.15, 0.2) is 0 Å². The van der Waals surface area contributed by atoms with Crippen LogP contribution in [0.1, 0.15) is 25.0 Å².